The van der Waals surface area contributed by atoms with Gasteiger partial charge in [-0.2, -0.15) is 18.3 Å². The number of thiazole rings is 1. The van der Waals surface area contributed by atoms with E-state index in [1.54, 1.807) is 6.20 Å². The quantitative estimate of drug-likeness (QED) is 0.882. The fourth-order valence-electron chi connectivity index (χ4n) is 2.82. The number of piperidine rings is 1. The molecule has 130 valence electrons. The Labute approximate surface area is 140 Å². The van der Waals surface area contributed by atoms with E-state index in [9.17, 15) is 18.0 Å². The zero-order valence-corrected chi connectivity index (χ0v) is 13.7. The number of anilines is 2. The third-order valence-corrected chi connectivity index (χ3v) is 4.76. The summed E-state index contributed by atoms with van der Waals surface area (Å²) in [5, 5.41) is 11.0. The molecule has 1 saturated heterocycles. The molecule has 1 aliphatic heterocycles. The van der Waals surface area contributed by atoms with E-state index in [4.69, 9.17) is 0 Å². The van der Waals surface area contributed by atoms with Gasteiger partial charge in [0.1, 0.15) is 0 Å². The first-order chi connectivity index (χ1) is 11.3. The highest BCUT2D eigenvalue weighted by Crippen LogP contribution is 2.36. The molecule has 0 radical (unpaired) electrons. The van der Waals surface area contributed by atoms with E-state index < -0.39 is 11.9 Å². The Morgan fingerprint density at radius 1 is 1.50 bits per heavy atom. The van der Waals surface area contributed by atoms with Crippen molar-refractivity contribution < 1.29 is 18.0 Å². The number of hydrogen-bond donors (Lipinski definition) is 2. The van der Waals surface area contributed by atoms with Crippen LogP contribution in [0.3, 0.4) is 0 Å². The van der Waals surface area contributed by atoms with Gasteiger partial charge in [0.05, 0.1) is 17.6 Å². The molecule has 0 unspecified atom stereocenters. The first-order valence-corrected chi connectivity index (χ1v) is 8.31. The van der Waals surface area contributed by atoms with Crippen molar-refractivity contribution in [2.24, 2.45) is 0 Å². The maximum atomic E-state index is 12.7. The third-order valence-electron chi connectivity index (χ3n) is 3.86. The molecule has 1 amide bonds. The molecule has 2 N–H and O–H groups in total. The van der Waals surface area contributed by atoms with Crippen molar-refractivity contribution >= 4 is 28.1 Å². The summed E-state index contributed by atoms with van der Waals surface area (Å²) in [4.78, 5) is 16.8. The second kappa shape index (κ2) is 6.42. The Balaban J connectivity index is 1.76. The average Bonchev–Trinajstić information content (AvgIpc) is 3.15. The molecule has 3 heterocycles. The fourth-order valence-corrected chi connectivity index (χ4v) is 3.69. The van der Waals surface area contributed by atoms with Crippen LogP contribution in [0.15, 0.2) is 11.6 Å². The number of carbonyl (C=O) groups excluding carboxylic acids is 1. The minimum atomic E-state index is -4.42. The molecular weight excluding hydrogens is 343 g/mol. The molecule has 3 rings (SSSR count). The Morgan fingerprint density at radius 3 is 2.96 bits per heavy atom. The van der Waals surface area contributed by atoms with Crippen LogP contribution < -0.4 is 10.2 Å². The molecule has 10 heteroatoms. The van der Waals surface area contributed by atoms with E-state index in [0.717, 1.165) is 35.3 Å². The lowest BCUT2D eigenvalue weighted by Crippen LogP contribution is -2.34. The molecule has 0 saturated carbocycles. The zero-order valence-electron chi connectivity index (χ0n) is 12.9. The van der Waals surface area contributed by atoms with Gasteiger partial charge in [0, 0.05) is 31.3 Å². The van der Waals surface area contributed by atoms with Crippen molar-refractivity contribution in [3.63, 3.8) is 0 Å². The van der Waals surface area contributed by atoms with Crippen LogP contribution in [0.4, 0.5) is 24.0 Å². The summed E-state index contributed by atoms with van der Waals surface area (Å²) in [7, 11) is 0. The molecule has 1 fully saturated rings. The summed E-state index contributed by atoms with van der Waals surface area (Å²) in [6.07, 6.45) is -1.19. The van der Waals surface area contributed by atoms with Crippen molar-refractivity contribution in [1.82, 2.24) is 15.2 Å². The average molecular weight is 359 g/mol. The van der Waals surface area contributed by atoms with Gasteiger partial charge in [0.25, 0.3) is 0 Å². The van der Waals surface area contributed by atoms with Crippen LogP contribution in [0, 0.1) is 0 Å². The van der Waals surface area contributed by atoms with Crippen LogP contribution in [0.5, 0.6) is 0 Å². The number of nitrogens with one attached hydrogen (secondary N) is 2. The van der Waals surface area contributed by atoms with E-state index in [0.29, 0.717) is 23.9 Å². The molecule has 0 spiro atoms. The largest absolute Gasteiger partial charge is 0.434 e. The molecule has 0 bridgehead atoms. The van der Waals surface area contributed by atoms with Crippen LogP contribution in [-0.2, 0) is 11.0 Å². The molecule has 0 aromatic carbocycles. The van der Waals surface area contributed by atoms with E-state index in [-0.39, 0.29) is 11.8 Å². The molecular formula is C14H16F3N5OS. The van der Waals surface area contributed by atoms with Crippen LogP contribution in [0.25, 0.3) is 0 Å². The number of amides is 1. The number of aromatic nitrogens is 3. The summed E-state index contributed by atoms with van der Waals surface area (Å²) in [6, 6.07) is 0. The van der Waals surface area contributed by atoms with E-state index >= 15 is 0 Å². The molecule has 1 atom stereocenters. The van der Waals surface area contributed by atoms with Gasteiger partial charge in [-0.1, -0.05) is 0 Å². The summed E-state index contributed by atoms with van der Waals surface area (Å²) in [5.41, 5.74) is 0.553. The molecule has 2 aromatic heterocycles. The number of alkyl halides is 3. The summed E-state index contributed by atoms with van der Waals surface area (Å²) in [5.74, 6) is -0.151. The molecule has 1 aliphatic rings. The van der Waals surface area contributed by atoms with Gasteiger partial charge >= 0.3 is 6.18 Å². The van der Waals surface area contributed by atoms with E-state index in [2.05, 4.69) is 20.5 Å². The first kappa shape index (κ1) is 16.7. The van der Waals surface area contributed by atoms with Gasteiger partial charge in [-0.15, -0.1) is 11.3 Å². The minimum absolute atomic E-state index is 0.0429. The molecule has 6 nitrogen and oxygen atoms in total. The topological polar surface area (TPSA) is 73.9 Å². The number of carbonyl (C=O) groups is 1. The van der Waals surface area contributed by atoms with Crippen LogP contribution in [0.1, 0.15) is 37.1 Å². The second-order valence-corrected chi connectivity index (χ2v) is 6.51. The highest BCUT2D eigenvalue weighted by molar-refractivity contribution is 7.13. The number of halogens is 3. The van der Waals surface area contributed by atoms with Gasteiger partial charge in [-0.05, 0) is 12.8 Å². The van der Waals surface area contributed by atoms with Crippen molar-refractivity contribution in [3.05, 3.63) is 23.0 Å². The predicted molar refractivity (Wildman–Crippen MR) is 84.2 cm³/mol. The van der Waals surface area contributed by atoms with Crippen molar-refractivity contribution in [3.8, 4) is 0 Å². The molecule has 24 heavy (non-hydrogen) atoms. The van der Waals surface area contributed by atoms with Crippen molar-refractivity contribution in [2.75, 3.05) is 23.3 Å². The Hall–Kier alpha value is -2.10. The molecule has 2 aromatic rings. The number of hydrogen-bond acceptors (Lipinski definition) is 5. The van der Waals surface area contributed by atoms with E-state index in [1.807, 2.05) is 4.90 Å². The fraction of sp³-hybridized carbons (Fsp3) is 0.500. The monoisotopic (exact) mass is 359 g/mol. The maximum Gasteiger partial charge on any atom is 0.434 e. The van der Waals surface area contributed by atoms with Crippen molar-refractivity contribution in [2.45, 2.75) is 31.9 Å². The number of aromatic amines is 1. The van der Waals surface area contributed by atoms with Gasteiger partial charge in [-0.25, -0.2) is 4.98 Å². The van der Waals surface area contributed by atoms with Crippen LogP contribution >= 0.6 is 11.3 Å². The molecule has 0 aliphatic carbocycles. The predicted octanol–water partition coefficient (Wildman–Crippen LogP) is 3.23. The number of H-pyrrole nitrogens is 1. The normalized spacial score (nSPS) is 18.7. The summed E-state index contributed by atoms with van der Waals surface area (Å²) in [6.45, 7) is 2.60. The Morgan fingerprint density at radius 2 is 2.29 bits per heavy atom. The van der Waals surface area contributed by atoms with Gasteiger partial charge in [-0.3, -0.25) is 9.89 Å². The second-order valence-electron chi connectivity index (χ2n) is 5.68. The minimum Gasteiger partial charge on any atom is -0.347 e. The lowest BCUT2D eigenvalue weighted by Gasteiger charge is -2.32. The lowest BCUT2D eigenvalue weighted by atomic mass is 9.94. The highest BCUT2D eigenvalue weighted by Gasteiger charge is 2.35. The van der Waals surface area contributed by atoms with Gasteiger partial charge in [0.15, 0.2) is 10.8 Å². The SMILES string of the molecule is CC(=O)Nc1cn[nH]c1[C@@H]1CCCN(c2nc(C(F)(F)F)cs2)C1. The number of rotatable bonds is 3. The van der Waals surface area contributed by atoms with Crippen LogP contribution in [-0.4, -0.2) is 34.2 Å². The van der Waals surface area contributed by atoms with Crippen LogP contribution in [0.2, 0.25) is 0 Å². The van der Waals surface area contributed by atoms with E-state index in [1.165, 1.54) is 6.92 Å². The van der Waals surface area contributed by atoms with Crippen molar-refractivity contribution in [1.29, 1.82) is 0 Å². The lowest BCUT2D eigenvalue weighted by molar-refractivity contribution is -0.140. The van der Waals surface area contributed by atoms with Gasteiger partial charge in [0.2, 0.25) is 5.91 Å². The summed E-state index contributed by atoms with van der Waals surface area (Å²) >= 11 is 0.996. The summed E-state index contributed by atoms with van der Waals surface area (Å²) < 4.78 is 38.1. The first-order valence-electron chi connectivity index (χ1n) is 7.43. The number of nitrogens with zero attached hydrogens (tertiary/aromatic N) is 3. The smallest absolute Gasteiger partial charge is 0.347 e. The maximum absolute atomic E-state index is 12.7. The zero-order chi connectivity index (χ0) is 17.3. The Bertz CT molecular complexity index is 726. The third kappa shape index (κ3) is 3.53. The highest BCUT2D eigenvalue weighted by atomic mass is 32.1. The Kier molecular flexibility index (Phi) is 4.48. The van der Waals surface area contributed by atoms with Gasteiger partial charge < -0.3 is 10.2 Å². The standard InChI is InChI=1S/C14H16F3N5OS/c1-8(23)19-10-5-18-21-12(10)9-3-2-4-22(6-9)13-20-11(7-24-13)14(15,16)17/h5,7,9H,2-4,6H2,1H3,(H,18,21)(H,19,23)/t9-/m1/s1.